The summed E-state index contributed by atoms with van der Waals surface area (Å²) in [5.41, 5.74) is 9.53. The second-order valence-corrected chi connectivity index (χ2v) is 10.7. The zero-order chi connectivity index (χ0) is 28.1. The number of aryl methyl sites for hydroxylation is 1. The maximum Gasteiger partial charge on any atom is 0.254 e. The summed E-state index contributed by atoms with van der Waals surface area (Å²) in [7, 11) is 1.91. The Kier molecular flexibility index (Phi) is 8.95. The van der Waals surface area contributed by atoms with E-state index in [9.17, 15) is 9.59 Å². The van der Waals surface area contributed by atoms with Gasteiger partial charge in [-0.1, -0.05) is 50.3 Å². The number of anilines is 1. The lowest BCUT2D eigenvalue weighted by Crippen LogP contribution is -2.45. The smallest absolute Gasteiger partial charge is 0.254 e. The van der Waals surface area contributed by atoms with Gasteiger partial charge in [-0.15, -0.1) is 0 Å². The standard InChI is InChI=1S/C20H24N2O.C13H18N2O/c1-5-6-11-18-13(2)17(12-21-18)19-14(3)15-9-7-8-10-16(15)20(23)22(19)4;1-11-4-3-5-13(12(11)2)15-8-6-14(10-16)7-9-15/h6-12,14,19,21H,5H2,1-4H3;3-5,10H,6-9H2,1-2H3/b11-6-;. The summed E-state index contributed by atoms with van der Waals surface area (Å²) in [6, 6.07) is 14.4. The van der Waals surface area contributed by atoms with Crippen LogP contribution in [-0.2, 0) is 4.79 Å². The number of amides is 2. The molecule has 2 aromatic carbocycles. The van der Waals surface area contributed by atoms with Crippen molar-refractivity contribution in [3.05, 3.63) is 93.8 Å². The average molecular weight is 527 g/mol. The van der Waals surface area contributed by atoms with Crippen LogP contribution in [0.3, 0.4) is 0 Å². The van der Waals surface area contributed by atoms with Crippen LogP contribution in [0, 0.1) is 20.8 Å². The van der Waals surface area contributed by atoms with Crippen molar-refractivity contribution in [2.45, 2.75) is 53.0 Å². The number of hydrogen-bond acceptors (Lipinski definition) is 3. The number of likely N-dealkylation sites (N-methyl/N-ethyl adjacent to an activating group) is 1. The van der Waals surface area contributed by atoms with Crippen LogP contribution in [0.25, 0.3) is 6.08 Å². The van der Waals surface area contributed by atoms with Crippen molar-refractivity contribution < 1.29 is 9.59 Å². The molecule has 3 heterocycles. The summed E-state index contributed by atoms with van der Waals surface area (Å²) in [6.45, 7) is 14.3. The Labute approximate surface area is 233 Å². The summed E-state index contributed by atoms with van der Waals surface area (Å²) < 4.78 is 0. The van der Waals surface area contributed by atoms with E-state index in [1.807, 2.05) is 35.0 Å². The van der Waals surface area contributed by atoms with Gasteiger partial charge in [0, 0.05) is 62.3 Å². The fourth-order valence-electron chi connectivity index (χ4n) is 5.78. The first-order valence-corrected chi connectivity index (χ1v) is 14.0. The van der Waals surface area contributed by atoms with Crippen LogP contribution >= 0.6 is 0 Å². The zero-order valence-corrected chi connectivity index (χ0v) is 24.2. The number of allylic oxidation sites excluding steroid dienone is 1. The first kappa shape index (κ1) is 28.2. The molecule has 0 spiro atoms. The molecule has 0 aliphatic carbocycles. The minimum Gasteiger partial charge on any atom is -0.368 e. The molecule has 206 valence electrons. The number of H-pyrrole nitrogens is 1. The van der Waals surface area contributed by atoms with E-state index in [4.69, 9.17) is 0 Å². The number of aromatic amines is 1. The summed E-state index contributed by atoms with van der Waals surface area (Å²) in [5.74, 6) is 0.376. The molecule has 1 N–H and O–H groups in total. The molecule has 3 aromatic rings. The van der Waals surface area contributed by atoms with Crippen molar-refractivity contribution >= 4 is 24.1 Å². The number of benzene rings is 2. The molecule has 2 amide bonds. The third kappa shape index (κ3) is 5.80. The number of hydrogen-bond donors (Lipinski definition) is 1. The lowest BCUT2D eigenvalue weighted by atomic mass is 9.81. The summed E-state index contributed by atoms with van der Waals surface area (Å²) >= 11 is 0. The first-order chi connectivity index (χ1) is 18.8. The van der Waals surface area contributed by atoms with E-state index in [0.717, 1.165) is 55.8 Å². The van der Waals surface area contributed by atoms with Gasteiger partial charge in [-0.25, -0.2) is 0 Å². The molecule has 5 rings (SSSR count). The predicted molar refractivity (Wildman–Crippen MR) is 160 cm³/mol. The molecule has 39 heavy (non-hydrogen) atoms. The fraction of sp³-hybridized carbons (Fsp3) is 0.394. The quantitative estimate of drug-likeness (QED) is 0.399. The number of nitrogens with one attached hydrogen (secondary N) is 1. The second kappa shape index (κ2) is 12.4. The highest BCUT2D eigenvalue weighted by Crippen LogP contribution is 2.42. The van der Waals surface area contributed by atoms with Crippen molar-refractivity contribution in [1.82, 2.24) is 14.8 Å². The molecule has 0 bridgehead atoms. The number of fused-ring (bicyclic) bond motifs is 1. The van der Waals surface area contributed by atoms with E-state index in [2.05, 4.69) is 87.1 Å². The third-order valence-electron chi connectivity index (χ3n) is 8.33. The lowest BCUT2D eigenvalue weighted by Gasteiger charge is -2.39. The number of carbonyl (C=O) groups excluding carboxylic acids is 2. The number of aromatic nitrogens is 1. The lowest BCUT2D eigenvalue weighted by molar-refractivity contribution is -0.118. The van der Waals surface area contributed by atoms with E-state index in [0.29, 0.717) is 0 Å². The summed E-state index contributed by atoms with van der Waals surface area (Å²) in [6.07, 6.45) is 8.29. The van der Waals surface area contributed by atoms with Crippen molar-refractivity contribution in [2.24, 2.45) is 0 Å². The molecule has 1 saturated heterocycles. The normalized spacial score (nSPS) is 19.1. The van der Waals surface area contributed by atoms with Gasteiger partial charge in [-0.05, 0) is 73.2 Å². The van der Waals surface area contributed by atoms with Crippen LogP contribution in [0.15, 0.2) is 54.7 Å². The van der Waals surface area contributed by atoms with Crippen LogP contribution in [0.5, 0.6) is 0 Å². The molecule has 2 unspecified atom stereocenters. The van der Waals surface area contributed by atoms with Gasteiger partial charge in [0.1, 0.15) is 0 Å². The van der Waals surface area contributed by atoms with Crippen LogP contribution < -0.4 is 4.90 Å². The van der Waals surface area contributed by atoms with Crippen molar-refractivity contribution in [1.29, 1.82) is 0 Å². The van der Waals surface area contributed by atoms with Gasteiger partial charge in [0.2, 0.25) is 6.41 Å². The minimum atomic E-state index is 0.0671. The molecule has 6 nitrogen and oxygen atoms in total. The third-order valence-corrected chi connectivity index (χ3v) is 8.33. The maximum absolute atomic E-state index is 12.7. The highest BCUT2D eigenvalue weighted by molar-refractivity contribution is 5.97. The Bertz CT molecular complexity index is 1330. The average Bonchev–Trinajstić information content (AvgIpc) is 3.32. The number of piperazine rings is 1. The second-order valence-electron chi connectivity index (χ2n) is 10.7. The summed E-state index contributed by atoms with van der Waals surface area (Å²) in [5, 5.41) is 0. The van der Waals surface area contributed by atoms with E-state index in [1.54, 1.807) is 0 Å². The maximum atomic E-state index is 12.7. The Morgan fingerprint density at radius 3 is 2.36 bits per heavy atom. The Morgan fingerprint density at radius 2 is 1.67 bits per heavy atom. The van der Waals surface area contributed by atoms with E-state index < -0.39 is 0 Å². The van der Waals surface area contributed by atoms with E-state index >= 15 is 0 Å². The van der Waals surface area contributed by atoms with Crippen LogP contribution in [-0.4, -0.2) is 60.3 Å². The van der Waals surface area contributed by atoms with Crippen molar-refractivity contribution in [3.8, 4) is 0 Å². The fourth-order valence-corrected chi connectivity index (χ4v) is 5.78. The molecule has 6 heteroatoms. The largest absolute Gasteiger partial charge is 0.368 e. The van der Waals surface area contributed by atoms with E-state index in [-0.39, 0.29) is 17.9 Å². The van der Waals surface area contributed by atoms with E-state index in [1.165, 1.54) is 27.9 Å². The molecular formula is C33H42N4O2. The number of carbonyl (C=O) groups is 2. The molecular weight excluding hydrogens is 484 g/mol. The topological polar surface area (TPSA) is 59.7 Å². The molecule has 0 saturated carbocycles. The molecule has 2 aliphatic heterocycles. The van der Waals surface area contributed by atoms with Crippen LogP contribution in [0.4, 0.5) is 5.69 Å². The molecule has 1 fully saturated rings. The molecule has 2 aliphatic rings. The first-order valence-electron chi connectivity index (χ1n) is 14.0. The van der Waals surface area contributed by atoms with Gasteiger partial charge >= 0.3 is 0 Å². The van der Waals surface area contributed by atoms with Crippen LogP contribution in [0.1, 0.15) is 76.1 Å². The van der Waals surface area contributed by atoms with Gasteiger partial charge < -0.3 is 19.7 Å². The highest BCUT2D eigenvalue weighted by Gasteiger charge is 2.37. The Hall–Kier alpha value is -3.80. The molecule has 2 atom stereocenters. The van der Waals surface area contributed by atoms with Gasteiger partial charge in [0.05, 0.1) is 6.04 Å². The van der Waals surface area contributed by atoms with Crippen molar-refractivity contribution in [2.75, 3.05) is 38.1 Å². The van der Waals surface area contributed by atoms with Crippen LogP contribution in [0.2, 0.25) is 0 Å². The van der Waals surface area contributed by atoms with Gasteiger partial charge in [-0.2, -0.15) is 0 Å². The Morgan fingerprint density at radius 1 is 0.949 bits per heavy atom. The summed E-state index contributed by atoms with van der Waals surface area (Å²) in [4.78, 5) is 32.8. The van der Waals surface area contributed by atoms with Gasteiger partial charge in [0.15, 0.2) is 0 Å². The SMILES string of the molecule is CC/C=C\c1[nH]cc(C2C(C)c3ccccc3C(=O)N2C)c1C.Cc1cccc(N2CCN(C=O)CC2)c1C. The number of nitrogens with zero attached hydrogens (tertiary/aromatic N) is 3. The van der Waals surface area contributed by atoms with Gasteiger partial charge in [-0.3, -0.25) is 9.59 Å². The predicted octanol–water partition coefficient (Wildman–Crippen LogP) is 6.26. The highest BCUT2D eigenvalue weighted by atomic mass is 16.2. The zero-order valence-electron chi connectivity index (χ0n) is 24.2. The molecule has 0 radical (unpaired) electrons. The minimum absolute atomic E-state index is 0.0671. The monoisotopic (exact) mass is 526 g/mol. The molecule has 1 aromatic heterocycles. The van der Waals surface area contributed by atoms with Gasteiger partial charge in [0.25, 0.3) is 5.91 Å². The van der Waals surface area contributed by atoms with Crippen molar-refractivity contribution in [3.63, 3.8) is 0 Å². The number of rotatable bonds is 5. The Balaban J connectivity index is 0.000000193.